The van der Waals surface area contributed by atoms with Crippen LogP contribution in [0.3, 0.4) is 0 Å². The first-order chi connectivity index (χ1) is 11.6. The topological polar surface area (TPSA) is 40.6 Å². The molecule has 128 valence electrons. The number of rotatable bonds is 1. The third-order valence-corrected chi connectivity index (χ3v) is 6.18. The van der Waals surface area contributed by atoms with Crippen molar-refractivity contribution in [3.05, 3.63) is 29.3 Å². The molecule has 2 heterocycles. The van der Waals surface area contributed by atoms with E-state index in [0.29, 0.717) is 18.0 Å². The average Bonchev–Trinajstić information content (AvgIpc) is 3.13. The molecule has 4 rings (SSSR count). The Labute approximate surface area is 143 Å². The number of fused-ring (bicyclic) bond motifs is 2. The predicted octanol–water partition coefficient (Wildman–Crippen LogP) is 3.39. The SMILES string of the molecule is CC(=O)N1CCc2cc(C(=O)N3C(C)CC4CCCCC43)ccc21. The van der Waals surface area contributed by atoms with Gasteiger partial charge < -0.3 is 9.80 Å². The molecule has 4 heteroatoms. The summed E-state index contributed by atoms with van der Waals surface area (Å²) in [6.07, 6.45) is 6.99. The van der Waals surface area contributed by atoms with Crippen LogP contribution < -0.4 is 4.90 Å². The second-order valence-electron chi connectivity index (χ2n) is 7.67. The lowest BCUT2D eigenvalue weighted by atomic mass is 9.85. The molecule has 1 aromatic carbocycles. The zero-order valence-corrected chi connectivity index (χ0v) is 14.6. The second kappa shape index (κ2) is 5.91. The molecule has 2 amide bonds. The maximum atomic E-state index is 13.2. The van der Waals surface area contributed by atoms with Crippen LogP contribution in [0.5, 0.6) is 0 Å². The van der Waals surface area contributed by atoms with Crippen molar-refractivity contribution in [2.45, 2.75) is 64.5 Å². The standard InChI is InChI=1S/C20H26N2O2/c1-13-11-15-5-3-4-6-19(15)22(13)20(24)17-7-8-18-16(12-17)9-10-21(18)14(2)23/h7-8,12-13,15,19H,3-6,9-11H2,1-2H3. The van der Waals surface area contributed by atoms with E-state index >= 15 is 0 Å². The number of likely N-dealkylation sites (tertiary alicyclic amines) is 1. The van der Waals surface area contributed by atoms with E-state index in [1.54, 1.807) is 11.8 Å². The van der Waals surface area contributed by atoms with Crippen LogP contribution in [0.1, 0.15) is 61.9 Å². The zero-order valence-electron chi connectivity index (χ0n) is 14.6. The lowest BCUT2D eigenvalue weighted by Crippen LogP contribution is -2.42. The Hall–Kier alpha value is -1.84. The Kier molecular flexibility index (Phi) is 3.86. The average molecular weight is 326 g/mol. The van der Waals surface area contributed by atoms with E-state index in [4.69, 9.17) is 0 Å². The van der Waals surface area contributed by atoms with Crippen molar-refractivity contribution < 1.29 is 9.59 Å². The number of amides is 2. The van der Waals surface area contributed by atoms with Crippen molar-refractivity contribution in [1.29, 1.82) is 0 Å². The summed E-state index contributed by atoms with van der Waals surface area (Å²) in [5.74, 6) is 0.951. The van der Waals surface area contributed by atoms with E-state index in [0.717, 1.165) is 42.6 Å². The lowest BCUT2D eigenvalue weighted by molar-refractivity contribution is -0.116. The first-order valence-corrected chi connectivity index (χ1v) is 9.30. The Balaban J connectivity index is 1.60. The molecule has 2 fully saturated rings. The molecule has 1 saturated carbocycles. The van der Waals surface area contributed by atoms with Gasteiger partial charge in [0.05, 0.1) is 0 Å². The summed E-state index contributed by atoms with van der Waals surface area (Å²) in [5, 5.41) is 0. The van der Waals surface area contributed by atoms with Gasteiger partial charge >= 0.3 is 0 Å². The number of anilines is 1. The number of hydrogen-bond acceptors (Lipinski definition) is 2. The third-order valence-electron chi connectivity index (χ3n) is 6.18. The molecular formula is C20H26N2O2. The normalized spacial score (nSPS) is 28.7. The number of carbonyl (C=O) groups excluding carboxylic acids is 2. The van der Waals surface area contributed by atoms with Crippen molar-refractivity contribution >= 4 is 17.5 Å². The maximum absolute atomic E-state index is 13.2. The Morgan fingerprint density at radius 3 is 2.75 bits per heavy atom. The number of hydrogen-bond donors (Lipinski definition) is 0. The maximum Gasteiger partial charge on any atom is 0.254 e. The molecule has 1 aliphatic carbocycles. The third kappa shape index (κ3) is 2.43. The van der Waals surface area contributed by atoms with Gasteiger partial charge in [0.1, 0.15) is 0 Å². The predicted molar refractivity (Wildman–Crippen MR) is 94.2 cm³/mol. The molecule has 2 aliphatic heterocycles. The van der Waals surface area contributed by atoms with Crippen molar-refractivity contribution in [1.82, 2.24) is 4.90 Å². The monoisotopic (exact) mass is 326 g/mol. The van der Waals surface area contributed by atoms with E-state index in [1.807, 2.05) is 18.2 Å². The number of nitrogens with zero attached hydrogens (tertiary/aromatic N) is 2. The quantitative estimate of drug-likeness (QED) is 0.794. The molecule has 3 atom stereocenters. The van der Waals surface area contributed by atoms with Crippen molar-refractivity contribution in [2.75, 3.05) is 11.4 Å². The van der Waals surface area contributed by atoms with Gasteiger partial charge in [0.2, 0.25) is 5.91 Å². The van der Waals surface area contributed by atoms with Crippen LogP contribution in [-0.2, 0) is 11.2 Å². The summed E-state index contributed by atoms with van der Waals surface area (Å²) in [6, 6.07) is 6.65. The van der Waals surface area contributed by atoms with Gasteiger partial charge in [0.25, 0.3) is 5.91 Å². The Bertz CT molecular complexity index is 684. The first kappa shape index (κ1) is 15.7. The molecule has 3 aliphatic rings. The van der Waals surface area contributed by atoms with Gasteiger partial charge in [-0.15, -0.1) is 0 Å². The minimum atomic E-state index is 0.0750. The van der Waals surface area contributed by atoms with Gasteiger partial charge in [0, 0.05) is 36.8 Å². The van der Waals surface area contributed by atoms with Crippen LogP contribution in [0.4, 0.5) is 5.69 Å². The largest absolute Gasteiger partial charge is 0.333 e. The van der Waals surface area contributed by atoms with E-state index in [9.17, 15) is 9.59 Å². The smallest absolute Gasteiger partial charge is 0.254 e. The lowest BCUT2D eigenvalue weighted by Gasteiger charge is -2.33. The van der Waals surface area contributed by atoms with Crippen LogP contribution >= 0.6 is 0 Å². The minimum Gasteiger partial charge on any atom is -0.333 e. The zero-order chi connectivity index (χ0) is 16.8. The van der Waals surface area contributed by atoms with Gasteiger partial charge in [-0.3, -0.25) is 9.59 Å². The molecule has 4 nitrogen and oxygen atoms in total. The molecule has 0 spiro atoms. The van der Waals surface area contributed by atoms with Gasteiger partial charge in [0.15, 0.2) is 0 Å². The first-order valence-electron chi connectivity index (χ1n) is 9.30. The van der Waals surface area contributed by atoms with E-state index in [2.05, 4.69) is 11.8 Å². The van der Waals surface area contributed by atoms with Crippen LogP contribution in [-0.4, -0.2) is 35.3 Å². The molecule has 3 unspecified atom stereocenters. The van der Waals surface area contributed by atoms with E-state index < -0.39 is 0 Å². The minimum absolute atomic E-state index is 0.0750. The van der Waals surface area contributed by atoms with Crippen LogP contribution in [0.2, 0.25) is 0 Å². The van der Waals surface area contributed by atoms with Gasteiger partial charge in [-0.1, -0.05) is 12.8 Å². The summed E-state index contributed by atoms with van der Waals surface area (Å²) in [7, 11) is 0. The van der Waals surface area contributed by atoms with E-state index in [1.165, 1.54) is 19.3 Å². The summed E-state index contributed by atoms with van der Waals surface area (Å²) in [5.41, 5.74) is 2.89. The highest BCUT2D eigenvalue weighted by Gasteiger charge is 2.42. The fourth-order valence-corrected chi connectivity index (χ4v) is 5.07. The van der Waals surface area contributed by atoms with E-state index in [-0.39, 0.29) is 11.8 Å². The Morgan fingerprint density at radius 2 is 1.96 bits per heavy atom. The van der Waals surface area contributed by atoms with Gasteiger partial charge in [-0.25, -0.2) is 0 Å². The highest BCUT2D eigenvalue weighted by atomic mass is 16.2. The molecule has 0 radical (unpaired) electrons. The molecule has 0 aromatic heterocycles. The summed E-state index contributed by atoms with van der Waals surface area (Å²) in [4.78, 5) is 28.8. The summed E-state index contributed by atoms with van der Waals surface area (Å²) in [6.45, 7) is 4.53. The highest BCUT2D eigenvalue weighted by molar-refractivity contribution is 5.98. The molecule has 1 saturated heterocycles. The molecule has 0 bridgehead atoms. The molecule has 24 heavy (non-hydrogen) atoms. The fourth-order valence-electron chi connectivity index (χ4n) is 5.07. The van der Waals surface area contributed by atoms with Crippen molar-refractivity contribution in [3.8, 4) is 0 Å². The number of benzene rings is 1. The fraction of sp³-hybridized carbons (Fsp3) is 0.600. The van der Waals surface area contributed by atoms with Crippen molar-refractivity contribution in [3.63, 3.8) is 0 Å². The van der Waals surface area contributed by atoms with Gasteiger partial charge in [-0.2, -0.15) is 0 Å². The molecule has 1 aromatic rings. The molecule has 0 N–H and O–H groups in total. The van der Waals surface area contributed by atoms with Crippen LogP contribution in [0, 0.1) is 5.92 Å². The highest BCUT2D eigenvalue weighted by Crippen LogP contribution is 2.40. The van der Waals surface area contributed by atoms with Crippen LogP contribution in [0.25, 0.3) is 0 Å². The van der Waals surface area contributed by atoms with Crippen molar-refractivity contribution in [2.24, 2.45) is 5.92 Å². The summed E-state index contributed by atoms with van der Waals surface area (Å²) >= 11 is 0. The molecular weight excluding hydrogens is 300 g/mol. The number of carbonyl (C=O) groups is 2. The van der Waals surface area contributed by atoms with Gasteiger partial charge in [-0.05, 0) is 62.3 Å². The Morgan fingerprint density at radius 1 is 1.17 bits per heavy atom. The van der Waals surface area contributed by atoms with Crippen LogP contribution in [0.15, 0.2) is 18.2 Å². The summed E-state index contributed by atoms with van der Waals surface area (Å²) < 4.78 is 0. The second-order valence-corrected chi connectivity index (χ2v) is 7.67.